The van der Waals surface area contributed by atoms with Crippen molar-refractivity contribution < 1.29 is 19.3 Å². The second kappa shape index (κ2) is 8.12. The Labute approximate surface area is 152 Å². The number of nitro groups is 2. The van der Waals surface area contributed by atoms with E-state index in [1.54, 1.807) is 12.1 Å². The van der Waals surface area contributed by atoms with Crippen molar-refractivity contribution in [2.45, 2.75) is 0 Å². The fourth-order valence-electron chi connectivity index (χ4n) is 2.07. The first-order valence-corrected chi connectivity index (χ1v) is 7.38. The molecule has 0 radical (unpaired) electrons. The quantitative estimate of drug-likeness (QED) is 0.441. The van der Waals surface area contributed by atoms with Crippen LogP contribution in [0.1, 0.15) is 5.56 Å². The van der Waals surface area contributed by atoms with Crippen LogP contribution < -0.4 is 14.9 Å². The van der Waals surface area contributed by atoms with Crippen LogP contribution in [0, 0.1) is 20.2 Å². The van der Waals surface area contributed by atoms with Gasteiger partial charge < -0.3 is 9.47 Å². The molecule has 2 aromatic carbocycles. The van der Waals surface area contributed by atoms with Gasteiger partial charge in [0.1, 0.15) is 5.69 Å². The predicted octanol–water partition coefficient (Wildman–Crippen LogP) is 3.62. The van der Waals surface area contributed by atoms with Crippen LogP contribution in [-0.2, 0) is 0 Å². The average molecular weight is 381 g/mol. The first-order chi connectivity index (χ1) is 12.4. The molecular formula is C15H13ClN4O6. The highest BCUT2D eigenvalue weighted by molar-refractivity contribution is 6.32. The van der Waals surface area contributed by atoms with Crippen molar-refractivity contribution in [3.63, 3.8) is 0 Å². The van der Waals surface area contributed by atoms with Gasteiger partial charge in [0.05, 0.1) is 41.4 Å². The molecule has 0 amide bonds. The van der Waals surface area contributed by atoms with Crippen molar-refractivity contribution >= 4 is 34.9 Å². The number of hydrogen-bond acceptors (Lipinski definition) is 8. The maximum absolute atomic E-state index is 11.1. The van der Waals surface area contributed by atoms with Crippen LogP contribution in [0.25, 0.3) is 0 Å². The highest BCUT2D eigenvalue weighted by Crippen LogP contribution is 2.35. The van der Waals surface area contributed by atoms with Crippen LogP contribution in [0.4, 0.5) is 17.1 Å². The highest BCUT2D eigenvalue weighted by Gasteiger charge is 2.19. The first kappa shape index (κ1) is 18.9. The number of anilines is 1. The fraction of sp³-hybridized carbons (Fsp3) is 0.133. The van der Waals surface area contributed by atoms with Gasteiger partial charge in [0.25, 0.3) is 5.69 Å². The summed E-state index contributed by atoms with van der Waals surface area (Å²) in [7, 11) is 2.90. The molecule has 0 aliphatic heterocycles. The third-order valence-electron chi connectivity index (χ3n) is 3.24. The van der Waals surface area contributed by atoms with Crippen molar-refractivity contribution in [2.75, 3.05) is 19.6 Å². The maximum atomic E-state index is 11.1. The van der Waals surface area contributed by atoms with E-state index in [0.717, 1.165) is 12.1 Å². The summed E-state index contributed by atoms with van der Waals surface area (Å²) in [5, 5.41) is 26.0. The summed E-state index contributed by atoms with van der Waals surface area (Å²) < 4.78 is 10.3. The summed E-state index contributed by atoms with van der Waals surface area (Å²) in [6.07, 6.45) is 1.36. The molecule has 0 aromatic heterocycles. The minimum atomic E-state index is -0.738. The molecule has 26 heavy (non-hydrogen) atoms. The van der Waals surface area contributed by atoms with Crippen molar-refractivity contribution in [3.8, 4) is 11.5 Å². The third-order valence-corrected chi connectivity index (χ3v) is 3.52. The van der Waals surface area contributed by atoms with Crippen LogP contribution in [0.15, 0.2) is 35.4 Å². The molecule has 1 N–H and O–H groups in total. The number of nitro benzene ring substituents is 2. The number of nitrogens with one attached hydrogen (secondary N) is 1. The SMILES string of the molecule is COc1cc(/C=N\Nc2ccc([N+](=O)[O-])cc2[N+](=O)[O-])cc(Cl)c1OC. The molecule has 0 saturated carbocycles. The van der Waals surface area contributed by atoms with Crippen molar-refractivity contribution in [1.82, 2.24) is 0 Å². The Bertz CT molecular complexity index is 887. The molecule has 2 aromatic rings. The Morgan fingerprint density at radius 2 is 1.85 bits per heavy atom. The van der Waals surface area contributed by atoms with Gasteiger partial charge in [-0.25, -0.2) is 0 Å². The lowest BCUT2D eigenvalue weighted by Gasteiger charge is -2.10. The number of halogens is 1. The molecule has 11 heteroatoms. The van der Waals surface area contributed by atoms with Crippen molar-refractivity contribution in [3.05, 3.63) is 61.1 Å². The van der Waals surface area contributed by atoms with Gasteiger partial charge in [-0.3, -0.25) is 25.7 Å². The second-order valence-corrected chi connectivity index (χ2v) is 5.23. The molecule has 0 fully saturated rings. The number of rotatable bonds is 7. The minimum absolute atomic E-state index is 0.00317. The van der Waals surface area contributed by atoms with E-state index in [4.69, 9.17) is 21.1 Å². The Morgan fingerprint density at radius 3 is 2.42 bits per heavy atom. The fourth-order valence-corrected chi connectivity index (χ4v) is 2.36. The zero-order valence-corrected chi connectivity index (χ0v) is 14.4. The third kappa shape index (κ3) is 4.16. The molecule has 0 atom stereocenters. The van der Waals surface area contributed by atoms with E-state index in [2.05, 4.69) is 10.5 Å². The summed E-state index contributed by atoms with van der Waals surface area (Å²) in [4.78, 5) is 20.3. The Kier molecular flexibility index (Phi) is 5.91. The normalized spacial score (nSPS) is 10.6. The number of nitrogens with zero attached hydrogens (tertiary/aromatic N) is 3. The van der Waals surface area contributed by atoms with Gasteiger partial charge in [-0.2, -0.15) is 5.10 Å². The molecule has 0 aliphatic rings. The molecule has 0 spiro atoms. The summed E-state index contributed by atoms with van der Waals surface area (Å²) in [5.41, 5.74) is 2.17. The van der Waals surface area contributed by atoms with E-state index in [0.29, 0.717) is 22.1 Å². The number of hydrazone groups is 1. The lowest BCUT2D eigenvalue weighted by molar-refractivity contribution is -0.393. The molecule has 0 aliphatic carbocycles. The Morgan fingerprint density at radius 1 is 1.12 bits per heavy atom. The number of methoxy groups -OCH3 is 2. The summed E-state index contributed by atoms with van der Waals surface area (Å²) in [6, 6.07) is 6.37. The minimum Gasteiger partial charge on any atom is -0.493 e. The van der Waals surface area contributed by atoms with E-state index in [1.807, 2.05) is 0 Å². The topological polar surface area (TPSA) is 129 Å². The molecule has 136 valence electrons. The molecule has 0 saturated heterocycles. The predicted molar refractivity (Wildman–Crippen MR) is 95.5 cm³/mol. The monoisotopic (exact) mass is 380 g/mol. The molecule has 0 heterocycles. The van der Waals surface area contributed by atoms with Crippen molar-refractivity contribution in [1.29, 1.82) is 0 Å². The molecule has 0 bridgehead atoms. The standard InChI is InChI=1S/C15H13ClN4O6/c1-25-14-6-9(5-11(16)15(14)26-2)8-17-18-12-4-3-10(19(21)22)7-13(12)20(23)24/h3-8,18H,1-2H3/b17-8-. The van der Waals surface area contributed by atoms with Gasteiger partial charge in [-0.05, 0) is 23.8 Å². The Balaban J connectivity index is 2.27. The van der Waals surface area contributed by atoms with E-state index in [9.17, 15) is 20.2 Å². The van der Waals surface area contributed by atoms with Crippen LogP contribution in [0.5, 0.6) is 11.5 Å². The van der Waals surface area contributed by atoms with Gasteiger partial charge in [0, 0.05) is 6.07 Å². The van der Waals surface area contributed by atoms with Gasteiger partial charge in [-0.15, -0.1) is 0 Å². The van der Waals surface area contributed by atoms with E-state index in [-0.39, 0.29) is 5.69 Å². The van der Waals surface area contributed by atoms with E-state index < -0.39 is 21.2 Å². The summed E-state index contributed by atoms with van der Waals surface area (Å²) in [5.74, 6) is 0.757. The molecule has 10 nitrogen and oxygen atoms in total. The van der Waals surface area contributed by atoms with Gasteiger partial charge in [0.15, 0.2) is 11.5 Å². The molecule has 0 unspecified atom stereocenters. The number of hydrogen-bond donors (Lipinski definition) is 1. The number of ether oxygens (including phenoxy) is 2. The van der Waals surface area contributed by atoms with Crippen LogP contribution in [0.2, 0.25) is 5.02 Å². The maximum Gasteiger partial charge on any atom is 0.301 e. The largest absolute Gasteiger partial charge is 0.493 e. The lowest BCUT2D eigenvalue weighted by Crippen LogP contribution is -1.99. The Hall–Kier alpha value is -3.40. The lowest BCUT2D eigenvalue weighted by atomic mass is 10.2. The second-order valence-electron chi connectivity index (χ2n) is 4.82. The average Bonchev–Trinajstić information content (AvgIpc) is 2.61. The van der Waals surface area contributed by atoms with E-state index >= 15 is 0 Å². The van der Waals surface area contributed by atoms with Gasteiger partial charge in [-0.1, -0.05) is 11.6 Å². The molecule has 2 rings (SSSR count). The zero-order chi connectivity index (χ0) is 19.3. The summed E-state index contributed by atoms with van der Waals surface area (Å²) >= 11 is 6.08. The molecular weight excluding hydrogens is 368 g/mol. The van der Waals surface area contributed by atoms with Crippen molar-refractivity contribution in [2.24, 2.45) is 5.10 Å². The number of non-ortho nitro benzene ring substituents is 1. The number of benzene rings is 2. The zero-order valence-electron chi connectivity index (χ0n) is 13.6. The van der Waals surface area contributed by atoms with Gasteiger partial charge in [0.2, 0.25) is 0 Å². The highest BCUT2D eigenvalue weighted by atomic mass is 35.5. The van der Waals surface area contributed by atoms with Crippen LogP contribution in [-0.4, -0.2) is 30.3 Å². The first-order valence-electron chi connectivity index (χ1n) is 7.00. The van der Waals surface area contributed by atoms with E-state index in [1.165, 1.54) is 26.5 Å². The smallest absolute Gasteiger partial charge is 0.301 e. The summed E-state index contributed by atoms with van der Waals surface area (Å²) in [6.45, 7) is 0. The van der Waals surface area contributed by atoms with Crippen LogP contribution in [0.3, 0.4) is 0 Å². The van der Waals surface area contributed by atoms with Gasteiger partial charge >= 0.3 is 5.69 Å². The van der Waals surface area contributed by atoms with Crippen LogP contribution >= 0.6 is 11.6 Å².